The van der Waals surface area contributed by atoms with Gasteiger partial charge in [-0.05, 0) is 47.9 Å². The Kier molecular flexibility index (Phi) is 4.95. The summed E-state index contributed by atoms with van der Waals surface area (Å²) in [6.45, 7) is 3.51. The molecule has 0 fully saturated rings. The molecule has 0 spiro atoms. The van der Waals surface area contributed by atoms with Crippen LogP contribution in [0.1, 0.15) is 16.7 Å². The highest BCUT2D eigenvalue weighted by atomic mass is 16.5. The maximum Gasteiger partial charge on any atom is 0.119 e. The quantitative estimate of drug-likeness (QED) is 0.677. The zero-order chi connectivity index (χ0) is 15.9. The molecule has 0 radical (unpaired) electrons. The standard InChI is InChI=1S/C21H21NO/c1-17-6-5-9-20(14-17)22-15-18-10-12-21(13-11-18)23-16-19-7-3-2-4-8-19/h2-14,22H,15-16H2,1H3. The Balaban J connectivity index is 1.52. The van der Waals surface area contributed by atoms with E-state index < -0.39 is 0 Å². The van der Waals surface area contributed by atoms with Crippen LogP contribution < -0.4 is 10.1 Å². The van der Waals surface area contributed by atoms with Crippen LogP contribution in [0, 0.1) is 6.92 Å². The van der Waals surface area contributed by atoms with Crippen LogP contribution in [0.5, 0.6) is 5.75 Å². The lowest BCUT2D eigenvalue weighted by Crippen LogP contribution is -2.00. The Morgan fingerprint density at radius 1 is 0.783 bits per heavy atom. The summed E-state index contributed by atoms with van der Waals surface area (Å²) in [5, 5.41) is 3.44. The maximum absolute atomic E-state index is 5.81. The zero-order valence-corrected chi connectivity index (χ0v) is 13.3. The zero-order valence-electron chi connectivity index (χ0n) is 13.3. The molecule has 0 heterocycles. The topological polar surface area (TPSA) is 21.3 Å². The third-order valence-corrected chi connectivity index (χ3v) is 3.69. The van der Waals surface area contributed by atoms with Crippen molar-refractivity contribution >= 4 is 5.69 Å². The van der Waals surface area contributed by atoms with Crippen molar-refractivity contribution in [3.8, 4) is 5.75 Å². The minimum absolute atomic E-state index is 0.599. The summed E-state index contributed by atoms with van der Waals surface area (Å²) in [5.41, 5.74) is 4.82. The third-order valence-electron chi connectivity index (χ3n) is 3.69. The molecule has 0 aliphatic rings. The highest BCUT2D eigenvalue weighted by Crippen LogP contribution is 2.16. The molecule has 0 saturated heterocycles. The molecule has 2 nitrogen and oxygen atoms in total. The number of benzene rings is 3. The van der Waals surface area contributed by atoms with Gasteiger partial charge in [-0.3, -0.25) is 0 Å². The van der Waals surface area contributed by atoms with E-state index in [1.54, 1.807) is 0 Å². The maximum atomic E-state index is 5.81. The van der Waals surface area contributed by atoms with Crippen LogP contribution in [0.3, 0.4) is 0 Å². The Labute approximate surface area is 137 Å². The fraction of sp³-hybridized carbons (Fsp3) is 0.143. The summed E-state index contributed by atoms with van der Waals surface area (Å²) in [5.74, 6) is 0.896. The Morgan fingerprint density at radius 2 is 1.57 bits per heavy atom. The molecule has 1 N–H and O–H groups in total. The van der Waals surface area contributed by atoms with Crippen molar-refractivity contribution in [1.29, 1.82) is 0 Å². The monoisotopic (exact) mass is 303 g/mol. The minimum Gasteiger partial charge on any atom is -0.489 e. The summed E-state index contributed by atoms with van der Waals surface area (Å²) in [6.07, 6.45) is 0. The number of nitrogens with one attached hydrogen (secondary N) is 1. The smallest absolute Gasteiger partial charge is 0.119 e. The molecule has 3 aromatic rings. The molecule has 0 amide bonds. The highest BCUT2D eigenvalue weighted by Gasteiger charge is 1.98. The van der Waals surface area contributed by atoms with Crippen molar-refractivity contribution in [2.45, 2.75) is 20.1 Å². The third kappa shape index (κ3) is 4.62. The summed E-state index contributed by atoms with van der Waals surface area (Å²) in [4.78, 5) is 0. The van der Waals surface area contributed by atoms with Crippen LogP contribution in [0.15, 0.2) is 78.9 Å². The van der Waals surface area contributed by atoms with Gasteiger partial charge in [0.25, 0.3) is 0 Å². The first-order valence-corrected chi connectivity index (χ1v) is 7.86. The van der Waals surface area contributed by atoms with Crippen LogP contribution in [-0.2, 0) is 13.2 Å². The van der Waals surface area contributed by atoms with E-state index >= 15 is 0 Å². The van der Waals surface area contributed by atoms with Crippen molar-refractivity contribution in [3.63, 3.8) is 0 Å². The van der Waals surface area contributed by atoms with Crippen LogP contribution in [-0.4, -0.2) is 0 Å². The van der Waals surface area contributed by atoms with Gasteiger partial charge in [-0.25, -0.2) is 0 Å². The van der Waals surface area contributed by atoms with Crippen LogP contribution >= 0.6 is 0 Å². The lowest BCUT2D eigenvalue weighted by molar-refractivity contribution is 0.306. The Hall–Kier alpha value is -2.74. The molecule has 116 valence electrons. The average molecular weight is 303 g/mol. The van der Waals surface area contributed by atoms with E-state index in [0.717, 1.165) is 18.0 Å². The average Bonchev–Trinajstić information content (AvgIpc) is 2.60. The van der Waals surface area contributed by atoms with Gasteiger partial charge in [-0.1, -0.05) is 54.6 Å². The molecule has 0 unspecified atom stereocenters. The largest absolute Gasteiger partial charge is 0.489 e. The molecule has 3 aromatic carbocycles. The Morgan fingerprint density at radius 3 is 2.30 bits per heavy atom. The van der Waals surface area contributed by atoms with E-state index in [0.29, 0.717) is 6.61 Å². The molecule has 0 atom stereocenters. The van der Waals surface area contributed by atoms with E-state index in [1.807, 2.05) is 30.3 Å². The molecule has 2 heteroatoms. The van der Waals surface area contributed by atoms with E-state index in [9.17, 15) is 0 Å². The van der Waals surface area contributed by atoms with Gasteiger partial charge in [0.05, 0.1) is 0 Å². The van der Waals surface area contributed by atoms with Crippen molar-refractivity contribution < 1.29 is 4.74 Å². The van der Waals surface area contributed by atoms with Crippen molar-refractivity contribution in [1.82, 2.24) is 0 Å². The summed E-state index contributed by atoms with van der Waals surface area (Å²) in [6, 6.07) is 26.9. The van der Waals surface area contributed by atoms with Gasteiger partial charge in [0.15, 0.2) is 0 Å². The van der Waals surface area contributed by atoms with Crippen molar-refractivity contribution in [2.75, 3.05) is 5.32 Å². The second-order valence-electron chi connectivity index (χ2n) is 5.64. The van der Waals surface area contributed by atoms with Gasteiger partial charge in [-0.15, -0.1) is 0 Å². The van der Waals surface area contributed by atoms with Gasteiger partial charge >= 0.3 is 0 Å². The van der Waals surface area contributed by atoms with Crippen LogP contribution in [0.2, 0.25) is 0 Å². The van der Waals surface area contributed by atoms with Gasteiger partial charge in [0.1, 0.15) is 12.4 Å². The predicted molar refractivity (Wildman–Crippen MR) is 95.7 cm³/mol. The summed E-state index contributed by atoms with van der Waals surface area (Å²) >= 11 is 0. The molecule has 0 saturated carbocycles. The van der Waals surface area contributed by atoms with Crippen LogP contribution in [0.4, 0.5) is 5.69 Å². The normalized spacial score (nSPS) is 10.3. The molecule has 0 aliphatic heterocycles. The molecular weight excluding hydrogens is 282 g/mol. The van der Waals surface area contributed by atoms with Gasteiger partial charge in [-0.2, -0.15) is 0 Å². The molecule has 0 aliphatic carbocycles. The number of hydrogen-bond acceptors (Lipinski definition) is 2. The minimum atomic E-state index is 0.599. The van der Waals surface area contributed by atoms with Crippen LogP contribution in [0.25, 0.3) is 0 Å². The van der Waals surface area contributed by atoms with Gasteiger partial charge in [0.2, 0.25) is 0 Å². The van der Waals surface area contributed by atoms with E-state index in [4.69, 9.17) is 4.74 Å². The fourth-order valence-corrected chi connectivity index (χ4v) is 2.40. The van der Waals surface area contributed by atoms with Gasteiger partial charge < -0.3 is 10.1 Å². The summed E-state index contributed by atoms with van der Waals surface area (Å²) in [7, 11) is 0. The number of ether oxygens (including phenoxy) is 1. The molecule has 0 bridgehead atoms. The lowest BCUT2D eigenvalue weighted by atomic mass is 10.2. The first-order chi connectivity index (χ1) is 11.3. The summed E-state index contributed by atoms with van der Waals surface area (Å²) < 4.78 is 5.81. The molecule has 3 rings (SSSR count). The molecular formula is C21H21NO. The van der Waals surface area contributed by atoms with E-state index in [1.165, 1.54) is 16.7 Å². The van der Waals surface area contributed by atoms with E-state index in [2.05, 4.69) is 60.8 Å². The first kappa shape index (κ1) is 15.2. The second-order valence-corrected chi connectivity index (χ2v) is 5.64. The molecule has 23 heavy (non-hydrogen) atoms. The number of rotatable bonds is 6. The second kappa shape index (κ2) is 7.50. The fourth-order valence-electron chi connectivity index (χ4n) is 2.40. The van der Waals surface area contributed by atoms with Crippen molar-refractivity contribution in [2.24, 2.45) is 0 Å². The van der Waals surface area contributed by atoms with Crippen molar-refractivity contribution in [3.05, 3.63) is 95.6 Å². The number of hydrogen-bond donors (Lipinski definition) is 1. The van der Waals surface area contributed by atoms with E-state index in [-0.39, 0.29) is 0 Å². The first-order valence-electron chi connectivity index (χ1n) is 7.86. The Bertz CT molecular complexity index is 735. The number of anilines is 1. The van der Waals surface area contributed by atoms with Gasteiger partial charge in [0, 0.05) is 12.2 Å². The molecule has 0 aromatic heterocycles. The SMILES string of the molecule is Cc1cccc(NCc2ccc(OCc3ccccc3)cc2)c1. The lowest BCUT2D eigenvalue weighted by Gasteiger charge is -2.09. The number of aryl methyl sites for hydroxylation is 1. The predicted octanol–water partition coefficient (Wildman–Crippen LogP) is 5.19. The highest BCUT2D eigenvalue weighted by molar-refractivity contribution is 5.46.